The normalized spacial score (nSPS) is 14.8. The first-order chi connectivity index (χ1) is 14.8. The average molecular weight is 425 g/mol. The lowest BCUT2D eigenvalue weighted by Crippen LogP contribution is -2.46. The Kier molecular flexibility index (Phi) is 6.79. The van der Waals surface area contributed by atoms with Gasteiger partial charge in [-0.15, -0.1) is 0 Å². The number of fused-ring (bicyclic) bond motifs is 1. The van der Waals surface area contributed by atoms with Crippen molar-refractivity contribution >= 4 is 34.8 Å². The van der Waals surface area contributed by atoms with Gasteiger partial charge in [0, 0.05) is 44.4 Å². The molecule has 8 heteroatoms. The molecular weight excluding hydrogens is 396 g/mol. The fourth-order valence-corrected chi connectivity index (χ4v) is 3.68. The molecular formula is C23H28N4O4. The number of amides is 3. The van der Waals surface area contributed by atoms with E-state index in [1.165, 1.54) is 13.8 Å². The topological polar surface area (TPSA) is 91.0 Å². The Hall–Kier alpha value is -3.55. The van der Waals surface area contributed by atoms with Crippen molar-refractivity contribution in [1.29, 1.82) is 0 Å². The van der Waals surface area contributed by atoms with E-state index in [2.05, 4.69) is 22.5 Å². The molecule has 0 aromatic heterocycles. The minimum absolute atomic E-state index is 0.183. The summed E-state index contributed by atoms with van der Waals surface area (Å²) in [5.41, 5.74) is 2.30. The van der Waals surface area contributed by atoms with Crippen LogP contribution in [0.25, 0.3) is 0 Å². The Bertz CT molecular complexity index is 957. The minimum atomic E-state index is -0.263. The Balaban J connectivity index is 1.78. The maximum absolute atomic E-state index is 13.1. The van der Waals surface area contributed by atoms with Gasteiger partial charge < -0.3 is 25.2 Å². The van der Waals surface area contributed by atoms with Crippen LogP contribution in [0.2, 0.25) is 0 Å². The summed E-state index contributed by atoms with van der Waals surface area (Å²) in [6.45, 7) is 6.77. The van der Waals surface area contributed by atoms with E-state index in [1.54, 1.807) is 30.1 Å². The molecule has 0 saturated heterocycles. The molecule has 1 aliphatic rings. The maximum atomic E-state index is 13.1. The van der Waals surface area contributed by atoms with Crippen molar-refractivity contribution in [2.24, 2.45) is 0 Å². The maximum Gasteiger partial charge on any atom is 0.253 e. The zero-order valence-electron chi connectivity index (χ0n) is 18.3. The number of carbonyl (C=O) groups is 3. The van der Waals surface area contributed by atoms with Crippen LogP contribution >= 0.6 is 0 Å². The van der Waals surface area contributed by atoms with E-state index in [-0.39, 0.29) is 23.8 Å². The third-order valence-corrected chi connectivity index (χ3v) is 4.95. The fourth-order valence-electron chi connectivity index (χ4n) is 3.68. The molecule has 8 nitrogen and oxygen atoms in total. The monoisotopic (exact) mass is 424 g/mol. The van der Waals surface area contributed by atoms with Crippen LogP contribution < -0.4 is 20.3 Å². The van der Waals surface area contributed by atoms with Gasteiger partial charge in [-0.25, -0.2) is 0 Å². The van der Waals surface area contributed by atoms with Crippen molar-refractivity contribution in [2.75, 3.05) is 42.2 Å². The van der Waals surface area contributed by atoms with Gasteiger partial charge in [-0.05, 0) is 37.3 Å². The number of benzene rings is 2. The summed E-state index contributed by atoms with van der Waals surface area (Å²) in [5, 5.41) is 5.33. The number of anilines is 3. The van der Waals surface area contributed by atoms with Crippen molar-refractivity contribution in [3.05, 3.63) is 48.0 Å². The van der Waals surface area contributed by atoms with Crippen molar-refractivity contribution in [3.8, 4) is 5.75 Å². The molecule has 2 aromatic carbocycles. The molecule has 2 aromatic rings. The van der Waals surface area contributed by atoms with Crippen LogP contribution in [0.1, 0.15) is 31.1 Å². The summed E-state index contributed by atoms with van der Waals surface area (Å²) in [6, 6.07) is 12.7. The predicted molar refractivity (Wildman–Crippen MR) is 121 cm³/mol. The van der Waals surface area contributed by atoms with Gasteiger partial charge in [0.1, 0.15) is 11.9 Å². The number of ether oxygens (including phenoxy) is 1. The van der Waals surface area contributed by atoms with E-state index >= 15 is 0 Å². The van der Waals surface area contributed by atoms with E-state index < -0.39 is 0 Å². The highest BCUT2D eigenvalue weighted by Crippen LogP contribution is 2.33. The Morgan fingerprint density at radius 3 is 2.26 bits per heavy atom. The minimum Gasteiger partial charge on any atom is -0.485 e. The lowest BCUT2D eigenvalue weighted by Gasteiger charge is -2.37. The lowest BCUT2D eigenvalue weighted by atomic mass is 10.1. The van der Waals surface area contributed by atoms with Crippen LogP contribution in [0.3, 0.4) is 0 Å². The van der Waals surface area contributed by atoms with Gasteiger partial charge in [0.05, 0.1) is 18.8 Å². The number of rotatable bonds is 6. The van der Waals surface area contributed by atoms with Gasteiger partial charge in [-0.3, -0.25) is 14.4 Å². The zero-order valence-corrected chi connectivity index (χ0v) is 18.3. The van der Waals surface area contributed by atoms with E-state index in [4.69, 9.17) is 4.74 Å². The second kappa shape index (κ2) is 9.51. The second-order valence-corrected chi connectivity index (χ2v) is 7.59. The summed E-state index contributed by atoms with van der Waals surface area (Å²) >= 11 is 0. The quantitative estimate of drug-likeness (QED) is 0.744. The molecule has 164 valence electrons. The number of likely N-dealkylation sites (N-methyl/N-ethyl adjacent to an activating group) is 2. The van der Waals surface area contributed by atoms with Crippen LogP contribution in [0.15, 0.2) is 42.5 Å². The fraction of sp³-hybridized carbons (Fsp3) is 0.348. The third-order valence-electron chi connectivity index (χ3n) is 4.95. The Morgan fingerprint density at radius 2 is 1.68 bits per heavy atom. The van der Waals surface area contributed by atoms with Crippen molar-refractivity contribution in [1.82, 2.24) is 4.90 Å². The Labute approximate surface area is 182 Å². The van der Waals surface area contributed by atoms with Crippen molar-refractivity contribution in [2.45, 2.75) is 26.9 Å². The van der Waals surface area contributed by atoms with E-state index in [0.29, 0.717) is 30.0 Å². The van der Waals surface area contributed by atoms with Crippen LogP contribution in [0.4, 0.5) is 17.1 Å². The lowest BCUT2D eigenvalue weighted by molar-refractivity contribution is -0.115. The van der Waals surface area contributed by atoms with Gasteiger partial charge in [-0.1, -0.05) is 12.1 Å². The first-order valence-corrected chi connectivity index (χ1v) is 10.2. The zero-order chi connectivity index (χ0) is 22.5. The molecule has 0 aliphatic carbocycles. The van der Waals surface area contributed by atoms with Gasteiger partial charge in [0.15, 0.2) is 0 Å². The number of nitrogens with zero attached hydrogens (tertiary/aromatic N) is 2. The molecule has 31 heavy (non-hydrogen) atoms. The van der Waals surface area contributed by atoms with Crippen LogP contribution in [0, 0.1) is 0 Å². The highest BCUT2D eigenvalue weighted by Gasteiger charge is 2.27. The molecule has 3 rings (SSSR count). The number of carbonyl (C=O) groups excluding carboxylic acids is 3. The number of nitrogens with one attached hydrogen (secondary N) is 2. The molecule has 3 amide bonds. The molecule has 1 aliphatic heterocycles. The molecule has 0 unspecified atom stereocenters. The third kappa shape index (κ3) is 5.53. The van der Waals surface area contributed by atoms with Crippen LogP contribution in [-0.2, 0) is 9.59 Å². The standard InChI is InChI=1S/C23H28N4O4/c1-5-27-14-20(31-22-9-7-6-8-21(22)27)13-26(4)23(30)17-10-18(24-15(2)28)12-19(11-17)25-16(3)29/h6-12,20H,5,13-14H2,1-4H3,(H,24,28)(H,25,29)/t20-/m0/s1. The van der Waals surface area contributed by atoms with E-state index in [9.17, 15) is 14.4 Å². The van der Waals surface area contributed by atoms with Gasteiger partial charge in [-0.2, -0.15) is 0 Å². The molecule has 0 radical (unpaired) electrons. The molecule has 2 N–H and O–H groups in total. The number of hydrogen-bond acceptors (Lipinski definition) is 5. The highest BCUT2D eigenvalue weighted by atomic mass is 16.5. The SMILES string of the molecule is CCN1C[C@H](CN(C)C(=O)c2cc(NC(C)=O)cc(NC(C)=O)c2)Oc2ccccc21. The van der Waals surface area contributed by atoms with Gasteiger partial charge in [0.2, 0.25) is 11.8 Å². The molecule has 1 atom stereocenters. The van der Waals surface area contributed by atoms with Crippen molar-refractivity contribution < 1.29 is 19.1 Å². The smallest absolute Gasteiger partial charge is 0.253 e. The van der Waals surface area contributed by atoms with Crippen LogP contribution in [-0.4, -0.2) is 55.4 Å². The van der Waals surface area contributed by atoms with E-state index in [1.807, 2.05) is 24.3 Å². The largest absolute Gasteiger partial charge is 0.485 e. The average Bonchev–Trinajstić information content (AvgIpc) is 2.71. The van der Waals surface area contributed by atoms with E-state index in [0.717, 1.165) is 18.0 Å². The second-order valence-electron chi connectivity index (χ2n) is 7.59. The summed E-state index contributed by atoms with van der Waals surface area (Å²) < 4.78 is 6.12. The summed E-state index contributed by atoms with van der Waals surface area (Å²) in [5.74, 6) is 0.0488. The summed E-state index contributed by atoms with van der Waals surface area (Å²) in [4.78, 5) is 39.9. The molecule has 1 heterocycles. The molecule has 0 spiro atoms. The highest BCUT2D eigenvalue weighted by molar-refractivity contribution is 5.99. The van der Waals surface area contributed by atoms with Crippen LogP contribution in [0.5, 0.6) is 5.75 Å². The number of para-hydroxylation sites is 2. The molecule has 0 fully saturated rings. The number of hydrogen-bond donors (Lipinski definition) is 2. The Morgan fingerprint density at radius 1 is 1.06 bits per heavy atom. The predicted octanol–water partition coefficient (Wildman–Crippen LogP) is 2.96. The summed E-state index contributed by atoms with van der Waals surface area (Å²) in [7, 11) is 1.71. The molecule has 0 saturated carbocycles. The first kappa shape index (κ1) is 22.1. The summed E-state index contributed by atoms with van der Waals surface area (Å²) in [6.07, 6.45) is -0.183. The van der Waals surface area contributed by atoms with Crippen molar-refractivity contribution in [3.63, 3.8) is 0 Å². The molecule has 0 bridgehead atoms. The van der Waals surface area contributed by atoms with Gasteiger partial charge in [0.25, 0.3) is 5.91 Å². The van der Waals surface area contributed by atoms with Gasteiger partial charge >= 0.3 is 0 Å². The first-order valence-electron chi connectivity index (χ1n) is 10.2.